The molecule has 2 aromatic carbocycles. The Bertz CT molecular complexity index is 1890. The van der Waals surface area contributed by atoms with Crippen LogP contribution in [0.25, 0.3) is 56.0 Å². The zero-order chi connectivity index (χ0) is 27.8. The van der Waals surface area contributed by atoms with Gasteiger partial charge in [0.05, 0.1) is 34.1 Å². The molecular weight excluding hydrogens is 517 g/mol. The Balaban J connectivity index is 1.20. The van der Waals surface area contributed by atoms with Crippen LogP contribution in [0.2, 0.25) is 0 Å². The quantitative estimate of drug-likeness (QED) is 0.204. The Morgan fingerprint density at radius 2 is 1.76 bits per heavy atom. The van der Waals surface area contributed by atoms with E-state index in [9.17, 15) is 9.18 Å². The maximum atomic E-state index is 14.6. The summed E-state index contributed by atoms with van der Waals surface area (Å²) in [4.78, 5) is 30.1. The van der Waals surface area contributed by atoms with Crippen LogP contribution in [0.5, 0.6) is 0 Å². The van der Waals surface area contributed by atoms with Gasteiger partial charge in [0.1, 0.15) is 11.3 Å². The molecule has 1 aliphatic rings. The van der Waals surface area contributed by atoms with Crippen LogP contribution in [0.15, 0.2) is 73.1 Å². The fraction of sp³-hybridized carbons (Fsp3) is 0.219. The fourth-order valence-corrected chi connectivity index (χ4v) is 5.78. The number of hydrogen-bond acceptors (Lipinski definition) is 5. The molecule has 1 amide bonds. The van der Waals surface area contributed by atoms with Crippen molar-refractivity contribution in [2.75, 3.05) is 5.32 Å². The highest BCUT2D eigenvalue weighted by Gasteiger charge is 2.19. The number of amides is 1. The maximum absolute atomic E-state index is 14.6. The first-order valence-electron chi connectivity index (χ1n) is 14.0. The van der Waals surface area contributed by atoms with Crippen LogP contribution in [-0.4, -0.2) is 36.0 Å². The smallest absolute Gasteiger partial charge is 0.224 e. The molecule has 4 aromatic heterocycles. The first-order chi connectivity index (χ1) is 20.1. The number of benzene rings is 2. The minimum Gasteiger partial charge on any atom is -0.336 e. The van der Waals surface area contributed by atoms with E-state index in [0.717, 1.165) is 29.4 Å². The molecule has 0 spiro atoms. The summed E-state index contributed by atoms with van der Waals surface area (Å²) in [5.41, 5.74) is 6.68. The minimum atomic E-state index is -0.304. The Morgan fingerprint density at radius 1 is 0.902 bits per heavy atom. The van der Waals surface area contributed by atoms with Crippen molar-refractivity contribution in [3.8, 4) is 33.9 Å². The van der Waals surface area contributed by atoms with Crippen molar-refractivity contribution in [1.82, 2.24) is 30.1 Å². The zero-order valence-electron chi connectivity index (χ0n) is 22.3. The van der Waals surface area contributed by atoms with Gasteiger partial charge in [0.15, 0.2) is 11.5 Å². The van der Waals surface area contributed by atoms with E-state index in [4.69, 9.17) is 9.97 Å². The predicted octanol–water partition coefficient (Wildman–Crippen LogP) is 7.28. The van der Waals surface area contributed by atoms with Gasteiger partial charge in [-0.3, -0.25) is 14.9 Å². The van der Waals surface area contributed by atoms with Gasteiger partial charge in [-0.05, 0) is 49.1 Å². The van der Waals surface area contributed by atoms with Crippen molar-refractivity contribution in [3.05, 3.63) is 78.9 Å². The number of carbonyl (C=O) groups is 1. The van der Waals surface area contributed by atoms with Crippen LogP contribution in [0, 0.1) is 11.7 Å². The van der Waals surface area contributed by atoms with Gasteiger partial charge < -0.3 is 10.3 Å². The number of halogens is 1. The summed E-state index contributed by atoms with van der Waals surface area (Å²) in [6.45, 7) is 0. The number of carbonyl (C=O) groups excluding carboxylic acids is 1. The molecule has 0 saturated heterocycles. The lowest BCUT2D eigenvalue weighted by Crippen LogP contribution is -2.18. The molecule has 0 radical (unpaired) electrons. The second-order valence-corrected chi connectivity index (χ2v) is 10.7. The fourth-order valence-electron chi connectivity index (χ4n) is 5.78. The van der Waals surface area contributed by atoms with E-state index < -0.39 is 0 Å². The number of rotatable bonds is 6. The zero-order valence-corrected chi connectivity index (χ0v) is 22.3. The van der Waals surface area contributed by atoms with Crippen LogP contribution >= 0.6 is 0 Å². The van der Waals surface area contributed by atoms with E-state index >= 15 is 0 Å². The summed E-state index contributed by atoms with van der Waals surface area (Å²) >= 11 is 0. The summed E-state index contributed by atoms with van der Waals surface area (Å²) in [6.07, 6.45) is 9.86. The predicted molar refractivity (Wildman–Crippen MR) is 157 cm³/mol. The molecule has 4 heterocycles. The maximum Gasteiger partial charge on any atom is 0.224 e. The number of pyridine rings is 2. The number of hydrogen-bond donors (Lipinski definition) is 3. The lowest BCUT2D eigenvalue weighted by molar-refractivity contribution is -0.117. The van der Waals surface area contributed by atoms with Crippen molar-refractivity contribution in [2.24, 2.45) is 5.92 Å². The second kappa shape index (κ2) is 10.6. The van der Waals surface area contributed by atoms with Gasteiger partial charge in [-0.25, -0.2) is 14.4 Å². The average molecular weight is 546 g/mol. The van der Waals surface area contributed by atoms with E-state index in [2.05, 4.69) is 25.5 Å². The van der Waals surface area contributed by atoms with E-state index in [1.165, 1.54) is 25.3 Å². The van der Waals surface area contributed by atoms with Crippen molar-refractivity contribution >= 4 is 33.7 Å². The van der Waals surface area contributed by atoms with E-state index in [-0.39, 0.29) is 11.7 Å². The molecule has 3 N–H and O–H groups in total. The average Bonchev–Trinajstić information content (AvgIpc) is 3.62. The van der Waals surface area contributed by atoms with Gasteiger partial charge in [-0.1, -0.05) is 49.6 Å². The molecule has 0 unspecified atom stereocenters. The van der Waals surface area contributed by atoms with Gasteiger partial charge in [0.2, 0.25) is 5.91 Å². The third-order valence-corrected chi connectivity index (χ3v) is 7.83. The highest BCUT2D eigenvalue weighted by Crippen LogP contribution is 2.33. The van der Waals surface area contributed by atoms with Crippen molar-refractivity contribution in [3.63, 3.8) is 0 Å². The molecule has 0 atom stereocenters. The summed E-state index contributed by atoms with van der Waals surface area (Å²) in [7, 11) is 0. The highest BCUT2D eigenvalue weighted by molar-refractivity contribution is 5.96. The molecule has 7 rings (SSSR count). The van der Waals surface area contributed by atoms with Crippen LogP contribution in [0.1, 0.15) is 38.5 Å². The summed E-state index contributed by atoms with van der Waals surface area (Å²) < 4.78 is 14.6. The monoisotopic (exact) mass is 545 g/mol. The minimum absolute atomic E-state index is 0.0241. The number of para-hydroxylation sites is 1. The summed E-state index contributed by atoms with van der Waals surface area (Å²) in [6, 6.07) is 18.0. The van der Waals surface area contributed by atoms with Crippen molar-refractivity contribution in [1.29, 1.82) is 0 Å². The topological polar surface area (TPSA) is 112 Å². The molecule has 0 bridgehead atoms. The third-order valence-electron chi connectivity index (χ3n) is 7.83. The number of aromatic nitrogens is 6. The van der Waals surface area contributed by atoms with Crippen LogP contribution in [0.3, 0.4) is 0 Å². The van der Waals surface area contributed by atoms with Crippen molar-refractivity contribution < 1.29 is 9.18 Å². The van der Waals surface area contributed by atoms with Gasteiger partial charge in [0, 0.05) is 29.3 Å². The van der Waals surface area contributed by atoms with Crippen molar-refractivity contribution in [2.45, 2.75) is 38.5 Å². The van der Waals surface area contributed by atoms with E-state index in [1.54, 1.807) is 24.5 Å². The Morgan fingerprint density at radius 3 is 2.63 bits per heavy atom. The van der Waals surface area contributed by atoms with E-state index in [1.807, 2.05) is 42.5 Å². The number of nitrogens with one attached hydrogen (secondary N) is 3. The van der Waals surface area contributed by atoms with Crippen LogP contribution in [0.4, 0.5) is 10.1 Å². The molecule has 0 aliphatic heterocycles. The van der Waals surface area contributed by atoms with Crippen LogP contribution in [-0.2, 0) is 4.79 Å². The van der Waals surface area contributed by atoms with Gasteiger partial charge in [0.25, 0.3) is 0 Å². The summed E-state index contributed by atoms with van der Waals surface area (Å²) in [5, 5.41) is 10.6. The number of nitrogens with zero attached hydrogens (tertiary/aromatic N) is 4. The van der Waals surface area contributed by atoms with Gasteiger partial charge in [-0.15, -0.1) is 0 Å². The number of anilines is 1. The third kappa shape index (κ3) is 4.95. The normalized spacial score (nSPS) is 14.1. The molecule has 1 saturated carbocycles. The number of fused-ring (bicyclic) bond motifs is 2. The first kappa shape index (κ1) is 25.1. The highest BCUT2D eigenvalue weighted by atomic mass is 19.1. The number of aromatic amines is 2. The second-order valence-electron chi connectivity index (χ2n) is 10.7. The molecule has 1 fully saturated rings. The summed E-state index contributed by atoms with van der Waals surface area (Å²) in [5.74, 6) is 0.712. The number of imidazole rings is 1. The molecular formula is C32H28FN7O. The Labute approximate surface area is 235 Å². The van der Waals surface area contributed by atoms with Gasteiger partial charge in [-0.2, -0.15) is 5.10 Å². The first-order valence-corrected chi connectivity index (χ1v) is 14.0. The SMILES string of the molecule is O=C(CC1CCCCC1)Nc1cncc(-c2ccc3[nH]nc(-c4nc5c(-c6ccccc6F)cccc5[nH]4)c3n2)c1. The molecule has 204 valence electrons. The van der Waals surface area contributed by atoms with E-state index in [0.29, 0.717) is 57.4 Å². The molecule has 41 heavy (non-hydrogen) atoms. The van der Waals surface area contributed by atoms with Crippen LogP contribution < -0.4 is 5.32 Å². The largest absolute Gasteiger partial charge is 0.336 e. The number of H-pyrrole nitrogens is 2. The molecule has 6 aromatic rings. The van der Waals surface area contributed by atoms with Gasteiger partial charge >= 0.3 is 0 Å². The Kier molecular flexibility index (Phi) is 6.47. The Hall–Kier alpha value is -4.92. The lowest BCUT2D eigenvalue weighted by atomic mass is 9.87. The molecule has 8 nitrogen and oxygen atoms in total. The molecule has 1 aliphatic carbocycles. The molecule has 9 heteroatoms. The standard InChI is InChI=1S/C32H28FN7O/c33-24-11-5-4-9-22(24)23-10-6-12-26-29(23)38-32(37-26)31-30-27(39-40-31)14-13-25(36-30)20-16-21(18-34-17-20)35-28(41)15-19-7-2-1-3-8-19/h4-6,9-14,16-19H,1-3,7-8,15H2,(H,35,41)(H,37,38)(H,39,40). The lowest BCUT2D eigenvalue weighted by Gasteiger charge is -2.20.